The molecular formula is C14H24N2O4S. The number of nitrogens with zero attached hydrogens (tertiary/aromatic N) is 1. The molecular weight excluding hydrogens is 292 g/mol. The molecule has 2 N–H and O–H groups in total. The van der Waals surface area contributed by atoms with Crippen LogP contribution < -0.4 is 5.32 Å². The van der Waals surface area contributed by atoms with E-state index in [2.05, 4.69) is 5.32 Å². The van der Waals surface area contributed by atoms with Gasteiger partial charge in [0.15, 0.2) is 0 Å². The van der Waals surface area contributed by atoms with Crippen LogP contribution in [-0.2, 0) is 9.53 Å². The summed E-state index contributed by atoms with van der Waals surface area (Å²) in [6, 6.07) is -1.00. The number of carbonyl (C=O) groups excluding carboxylic acids is 1. The molecule has 1 aliphatic heterocycles. The van der Waals surface area contributed by atoms with Gasteiger partial charge in [-0.2, -0.15) is 0 Å². The summed E-state index contributed by atoms with van der Waals surface area (Å²) >= 11 is 1.56. The Morgan fingerprint density at radius 2 is 2.19 bits per heavy atom. The molecule has 0 aromatic heterocycles. The number of hydrogen-bond acceptors (Lipinski definition) is 4. The molecule has 2 rings (SSSR count). The van der Waals surface area contributed by atoms with Gasteiger partial charge in [0.1, 0.15) is 6.04 Å². The molecule has 7 heteroatoms. The Balaban J connectivity index is 2.04. The zero-order valence-corrected chi connectivity index (χ0v) is 13.4. The molecule has 2 amide bonds. The van der Waals surface area contributed by atoms with Gasteiger partial charge in [-0.15, -0.1) is 11.8 Å². The standard InChI is InChI=1S/C14H24N2O4S/c1-3-5-12-16(10(8-21-12)13(17)18)14(19)15-9-6-4-7-11(9)20-2/h9-12H,3-8H2,1-2H3,(H,15,19)(H,17,18). The quantitative estimate of drug-likeness (QED) is 0.810. The molecule has 2 fully saturated rings. The van der Waals surface area contributed by atoms with Crippen LogP contribution in [0.25, 0.3) is 0 Å². The lowest BCUT2D eigenvalue weighted by Crippen LogP contribution is -2.53. The van der Waals surface area contributed by atoms with Crippen LogP contribution in [0.5, 0.6) is 0 Å². The molecule has 1 saturated carbocycles. The monoisotopic (exact) mass is 316 g/mol. The highest BCUT2D eigenvalue weighted by Gasteiger charge is 2.42. The van der Waals surface area contributed by atoms with Gasteiger partial charge >= 0.3 is 12.0 Å². The highest BCUT2D eigenvalue weighted by Crippen LogP contribution is 2.32. The summed E-state index contributed by atoms with van der Waals surface area (Å²) in [4.78, 5) is 25.4. The number of rotatable bonds is 5. The predicted octanol–water partition coefficient (Wildman–Crippen LogP) is 1.89. The Bertz CT molecular complexity index is 393. The minimum absolute atomic E-state index is 0.00942. The zero-order valence-electron chi connectivity index (χ0n) is 12.6. The molecule has 4 atom stereocenters. The molecule has 0 radical (unpaired) electrons. The topological polar surface area (TPSA) is 78.9 Å². The van der Waals surface area contributed by atoms with Gasteiger partial charge < -0.3 is 15.2 Å². The van der Waals surface area contributed by atoms with Gasteiger partial charge in [-0.3, -0.25) is 4.90 Å². The van der Waals surface area contributed by atoms with E-state index in [1.54, 1.807) is 18.9 Å². The summed E-state index contributed by atoms with van der Waals surface area (Å²) in [5.74, 6) is -0.461. The molecule has 120 valence electrons. The smallest absolute Gasteiger partial charge is 0.327 e. The summed E-state index contributed by atoms with van der Waals surface area (Å²) < 4.78 is 5.38. The van der Waals surface area contributed by atoms with Gasteiger partial charge in [-0.05, 0) is 25.7 Å². The van der Waals surface area contributed by atoms with E-state index in [0.29, 0.717) is 5.75 Å². The first-order valence-corrected chi connectivity index (χ1v) is 8.59. The minimum atomic E-state index is -0.925. The van der Waals surface area contributed by atoms with Crippen LogP contribution in [0.15, 0.2) is 0 Å². The number of carboxylic acids is 1. The van der Waals surface area contributed by atoms with Crippen molar-refractivity contribution in [2.24, 2.45) is 0 Å². The Kier molecular flexibility index (Phi) is 5.75. The van der Waals surface area contributed by atoms with E-state index in [4.69, 9.17) is 4.74 Å². The van der Waals surface area contributed by atoms with E-state index in [1.807, 2.05) is 6.92 Å². The van der Waals surface area contributed by atoms with Gasteiger partial charge in [0, 0.05) is 12.9 Å². The number of aliphatic carboxylic acids is 1. The third-order valence-corrected chi connectivity index (χ3v) is 5.57. The Labute approximate surface area is 129 Å². The van der Waals surface area contributed by atoms with Crippen molar-refractivity contribution in [1.82, 2.24) is 10.2 Å². The van der Waals surface area contributed by atoms with Crippen molar-refractivity contribution >= 4 is 23.8 Å². The molecule has 4 unspecified atom stereocenters. The molecule has 1 heterocycles. The first-order valence-electron chi connectivity index (χ1n) is 7.54. The minimum Gasteiger partial charge on any atom is -0.480 e. The summed E-state index contributed by atoms with van der Waals surface area (Å²) in [6.45, 7) is 2.04. The first kappa shape index (κ1) is 16.4. The van der Waals surface area contributed by atoms with Crippen LogP contribution in [0.4, 0.5) is 4.79 Å². The molecule has 1 saturated heterocycles. The SMILES string of the molecule is CCCC1SCC(C(=O)O)N1C(=O)NC1CCCC1OC. The fourth-order valence-corrected chi connectivity index (χ4v) is 4.62. The summed E-state index contributed by atoms with van der Waals surface area (Å²) in [5.41, 5.74) is 0. The van der Waals surface area contributed by atoms with Gasteiger partial charge in [0.25, 0.3) is 0 Å². The van der Waals surface area contributed by atoms with Crippen LogP contribution in [0.2, 0.25) is 0 Å². The second kappa shape index (κ2) is 7.35. The molecule has 1 aliphatic carbocycles. The van der Waals surface area contributed by atoms with E-state index in [1.165, 1.54) is 4.90 Å². The van der Waals surface area contributed by atoms with Crippen LogP contribution in [0, 0.1) is 0 Å². The number of carboxylic acid groups (broad SMARTS) is 1. The van der Waals surface area contributed by atoms with Crippen molar-refractivity contribution in [2.75, 3.05) is 12.9 Å². The molecule has 2 aliphatic rings. The fraction of sp³-hybridized carbons (Fsp3) is 0.857. The molecule has 6 nitrogen and oxygen atoms in total. The summed E-state index contributed by atoms with van der Waals surface area (Å²) in [5, 5.41) is 12.3. The zero-order chi connectivity index (χ0) is 15.4. The van der Waals surface area contributed by atoms with E-state index < -0.39 is 12.0 Å². The average Bonchev–Trinajstić information content (AvgIpc) is 3.05. The highest BCUT2D eigenvalue weighted by atomic mass is 32.2. The van der Waals surface area contributed by atoms with Gasteiger partial charge in [-0.25, -0.2) is 9.59 Å². The maximum atomic E-state index is 12.5. The first-order chi connectivity index (χ1) is 10.1. The van der Waals surface area contributed by atoms with E-state index >= 15 is 0 Å². The summed E-state index contributed by atoms with van der Waals surface area (Å²) in [7, 11) is 1.65. The number of methoxy groups -OCH3 is 1. The predicted molar refractivity (Wildman–Crippen MR) is 81.4 cm³/mol. The van der Waals surface area contributed by atoms with E-state index in [-0.39, 0.29) is 23.6 Å². The number of ether oxygens (including phenoxy) is 1. The van der Waals surface area contributed by atoms with Gasteiger partial charge in [0.05, 0.1) is 17.5 Å². The van der Waals surface area contributed by atoms with Crippen molar-refractivity contribution in [3.05, 3.63) is 0 Å². The van der Waals surface area contributed by atoms with Crippen LogP contribution >= 0.6 is 11.8 Å². The van der Waals surface area contributed by atoms with Crippen LogP contribution in [0.1, 0.15) is 39.0 Å². The molecule has 21 heavy (non-hydrogen) atoms. The third kappa shape index (κ3) is 3.63. The lowest BCUT2D eigenvalue weighted by atomic mass is 10.2. The average molecular weight is 316 g/mol. The second-order valence-corrected chi connectivity index (χ2v) is 6.81. The molecule has 0 aromatic rings. The Morgan fingerprint density at radius 3 is 2.81 bits per heavy atom. The lowest BCUT2D eigenvalue weighted by molar-refractivity contribution is -0.141. The number of nitrogens with one attached hydrogen (secondary N) is 1. The van der Waals surface area contributed by atoms with Crippen molar-refractivity contribution in [2.45, 2.75) is 62.6 Å². The number of thioether (sulfide) groups is 1. The maximum absolute atomic E-state index is 12.5. The Morgan fingerprint density at radius 1 is 1.43 bits per heavy atom. The largest absolute Gasteiger partial charge is 0.480 e. The molecule has 0 bridgehead atoms. The third-order valence-electron chi connectivity index (χ3n) is 4.21. The maximum Gasteiger partial charge on any atom is 0.327 e. The number of carbonyl (C=O) groups is 2. The second-order valence-electron chi connectivity index (χ2n) is 5.60. The number of hydrogen-bond donors (Lipinski definition) is 2. The van der Waals surface area contributed by atoms with Crippen molar-refractivity contribution in [1.29, 1.82) is 0 Å². The highest BCUT2D eigenvalue weighted by molar-refractivity contribution is 8.00. The van der Waals surface area contributed by atoms with Crippen molar-refractivity contribution in [3.63, 3.8) is 0 Å². The van der Waals surface area contributed by atoms with Crippen LogP contribution in [0.3, 0.4) is 0 Å². The normalized spacial score (nSPS) is 32.4. The Hall–Kier alpha value is -0.950. The van der Waals surface area contributed by atoms with Crippen molar-refractivity contribution in [3.8, 4) is 0 Å². The number of amides is 2. The fourth-order valence-electron chi connectivity index (χ4n) is 3.10. The summed E-state index contributed by atoms with van der Waals surface area (Å²) in [6.07, 6.45) is 4.65. The van der Waals surface area contributed by atoms with Crippen LogP contribution in [-0.4, -0.2) is 58.4 Å². The van der Waals surface area contributed by atoms with Gasteiger partial charge in [0.2, 0.25) is 0 Å². The van der Waals surface area contributed by atoms with E-state index in [9.17, 15) is 14.7 Å². The van der Waals surface area contributed by atoms with Crippen molar-refractivity contribution < 1.29 is 19.4 Å². The lowest BCUT2D eigenvalue weighted by Gasteiger charge is -2.30. The number of urea groups is 1. The van der Waals surface area contributed by atoms with E-state index in [0.717, 1.165) is 32.1 Å². The van der Waals surface area contributed by atoms with Gasteiger partial charge in [-0.1, -0.05) is 13.3 Å². The molecule has 0 aromatic carbocycles. The molecule has 0 spiro atoms.